The molecule has 134 valence electrons. The number of carbonyl (C=O) groups excluding carboxylic acids is 1. The Balaban J connectivity index is 3.61. The fraction of sp³-hybridized carbons (Fsp3) is 0.529. The molecule has 1 aromatic rings. The number of sulfone groups is 1. The lowest BCUT2D eigenvalue weighted by Crippen LogP contribution is -2.24. The Hall–Kier alpha value is -1.89. The summed E-state index contributed by atoms with van der Waals surface area (Å²) in [4.78, 5) is 16.0. The molecule has 1 rings (SSSR count). The minimum Gasteiger partial charge on any atom is -0.370 e. The number of nitrogens with zero attached hydrogens (tertiary/aromatic N) is 1. The van der Waals surface area contributed by atoms with Crippen LogP contribution in [0.2, 0.25) is 0 Å². The molecule has 0 saturated heterocycles. The van der Waals surface area contributed by atoms with E-state index in [9.17, 15) is 13.2 Å². The predicted octanol–water partition coefficient (Wildman–Crippen LogP) is 2.36. The van der Waals surface area contributed by atoms with E-state index < -0.39 is 15.7 Å². The number of benzene rings is 1. The first-order valence-electron chi connectivity index (χ1n) is 8.13. The van der Waals surface area contributed by atoms with Gasteiger partial charge < -0.3 is 11.5 Å². The highest BCUT2D eigenvalue weighted by Crippen LogP contribution is 2.33. The average molecular weight is 353 g/mol. The van der Waals surface area contributed by atoms with Gasteiger partial charge >= 0.3 is 0 Å². The van der Waals surface area contributed by atoms with E-state index >= 15 is 0 Å². The second-order valence-electron chi connectivity index (χ2n) is 6.02. The molecule has 1 amide bonds. The first-order chi connectivity index (χ1) is 11.1. The topological polar surface area (TPSA) is 116 Å². The molecule has 0 fully saturated rings. The Morgan fingerprint density at radius 1 is 1.25 bits per heavy atom. The molecule has 0 saturated carbocycles. The highest BCUT2D eigenvalue weighted by molar-refractivity contribution is 7.90. The third-order valence-corrected chi connectivity index (χ3v) is 5.22. The van der Waals surface area contributed by atoms with Crippen LogP contribution in [0.25, 0.3) is 0 Å². The zero-order chi connectivity index (χ0) is 18.5. The van der Waals surface area contributed by atoms with Gasteiger partial charge in [-0.05, 0) is 36.0 Å². The predicted molar refractivity (Wildman–Crippen MR) is 97.0 cm³/mol. The molecule has 0 radical (unpaired) electrons. The molecule has 0 aromatic heterocycles. The van der Waals surface area contributed by atoms with Gasteiger partial charge in [0.15, 0.2) is 15.8 Å². The van der Waals surface area contributed by atoms with E-state index in [2.05, 4.69) is 11.9 Å². The summed E-state index contributed by atoms with van der Waals surface area (Å²) in [6, 6.07) is 3.34. The Labute approximate surface area is 144 Å². The Morgan fingerprint density at radius 2 is 1.88 bits per heavy atom. The molecule has 0 spiro atoms. The van der Waals surface area contributed by atoms with Crippen molar-refractivity contribution in [2.75, 3.05) is 6.26 Å². The molecule has 0 aliphatic carbocycles. The zero-order valence-electron chi connectivity index (χ0n) is 14.8. The van der Waals surface area contributed by atoms with Crippen molar-refractivity contribution in [1.29, 1.82) is 0 Å². The quantitative estimate of drug-likeness (QED) is 0.576. The number of hydrogen-bond donors (Lipinski definition) is 2. The molecule has 0 bridgehead atoms. The molecule has 1 unspecified atom stereocenters. The second kappa shape index (κ2) is 8.28. The van der Waals surface area contributed by atoms with Crippen molar-refractivity contribution >= 4 is 21.7 Å². The van der Waals surface area contributed by atoms with Crippen LogP contribution in [0, 0.1) is 0 Å². The number of nitrogens with two attached hydrogens (primary N) is 2. The molecular formula is C17H27N3O3S. The third kappa shape index (κ3) is 4.80. The summed E-state index contributed by atoms with van der Waals surface area (Å²) in [6.45, 7) is 5.92. The van der Waals surface area contributed by atoms with Gasteiger partial charge in [0.25, 0.3) is 5.91 Å². The monoisotopic (exact) mass is 353 g/mol. The largest absolute Gasteiger partial charge is 0.370 e. The van der Waals surface area contributed by atoms with Crippen LogP contribution in [0.3, 0.4) is 0 Å². The highest BCUT2D eigenvalue weighted by atomic mass is 32.2. The normalized spacial score (nSPS) is 12.7. The number of unbranched alkanes of at least 4 members (excludes halogenated alkanes) is 1. The van der Waals surface area contributed by atoms with Crippen LogP contribution in [0.4, 0.5) is 0 Å². The maximum atomic E-state index is 12.4. The van der Waals surface area contributed by atoms with E-state index in [1.807, 2.05) is 13.8 Å². The highest BCUT2D eigenvalue weighted by Gasteiger charge is 2.25. The van der Waals surface area contributed by atoms with Gasteiger partial charge in [0.05, 0.1) is 4.90 Å². The lowest BCUT2D eigenvalue weighted by molar-refractivity contribution is 0.100. The van der Waals surface area contributed by atoms with Crippen LogP contribution in [-0.4, -0.2) is 26.5 Å². The minimum absolute atomic E-state index is 0.0900. The number of hydrogen-bond acceptors (Lipinski definition) is 3. The molecule has 0 aliphatic rings. The van der Waals surface area contributed by atoms with Gasteiger partial charge in [0.2, 0.25) is 0 Å². The van der Waals surface area contributed by atoms with Gasteiger partial charge in [0.1, 0.15) is 0 Å². The van der Waals surface area contributed by atoms with Crippen LogP contribution < -0.4 is 11.5 Å². The van der Waals surface area contributed by atoms with Gasteiger partial charge in [-0.2, -0.15) is 4.99 Å². The number of carbonyl (C=O) groups is 1. The van der Waals surface area contributed by atoms with Gasteiger partial charge in [0, 0.05) is 11.8 Å². The summed E-state index contributed by atoms with van der Waals surface area (Å²) >= 11 is 0. The Bertz CT molecular complexity index is 736. The Morgan fingerprint density at radius 3 is 2.33 bits per heavy atom. The molecule has 6 nitrogen and oxygen atoms in total. The van der Waals surface area contributed by atoms with E-state index in [0.717, 1.165) is 24.8 Å². The average Bonchev–Trinajstić information content (AvgIpc) is 2.49. The van der Waals surface area contributed by atoms with Gasteiger partial charge in [-0.1, -0.05) is 39.7 Å². The molecular weight excluding hydrogens is 326 g/mol. The smallest absolute Gasteiger partial charge is 0.280 e. The fourth-order valence-electron chi connectivity index (χ4n) is 2.87. The zero-order valence-corrected chi connectivity index (χ0v) is 15.6. The van der Waals surface area contributed by atoms with Crippen molar-refractivity contribution in [3.05, 3.63) is 28.8 Å². The van der Waals surface area contributed by atoms with Gasteiger partial charge in [-0.3, -0.25) is 4.79 Å². The van der Waals surface area contributed by atoms with E-state index in [1.54, 1.807) is 12.1 Å². The van der Waals surface area contributed by atoms with Crippen molar-refractivity contribution in [2.24, 2.45) is 16.5 Å². The second-order valence-corrected chi connectivity index (χ2v) is 7.97. The maximum Gasteiger partial charge on any atom is 0.280 e. The van der Waals surface area contributed by atoms with Gasteiger partial charge in [-0.25, -0.2) is 8.42 Å². The van der Waals surface area contributed by atoms with E-state index in [4.69, 9.17) is 11.5 Å². The van der Waals surface area contributed by atoms with E-state index in [-0.39, 0.29) is 22.3 Å². The van der Waals surface area contributed by atoms with Crippen LogP contribution in [0.1, 0.15) is 67.4 Å². The van der Waals surface area contributed by atoms with Gasteiger partial charge in [-0.15, -0.1) is 0 Å². The van der Waals surface area contributed by atoms with E-state index in [1.165, 1.54) is 6.26 Å². The minimum atomic E-state index is -3.49. The third-order valence-electron chi connectivity index (χ3n) is 4.00. The summed E-state index contributed by atoms with van der Waals surface area (Å²) in [5.41, 5.74) is 12.0. The van der Waals surface area contributed by atoms with Crippen LogP contribution >= 0.6 is 0 Å². The lowest BCUT2D eigenvalue weighted by atomic mass is 9.91. The standard InChI is InChI=1S/C17H27N3O3S/c1-5-7-8-11(3)13-9-10-14(16(21)20-17(18)19)12(6-2)15(13)24(4,22)23/h9-11H,5-8H2,1-4H3,(H4,18,19,20,21). The molecule has 0 heterocycles. The lowest BCUT2D eigenvalue weighted by Gasteiger charge is -2.20. The number of guanidine groups is 1. The SMILES string of the molecule is CCCCC(C)c1ccc(C(=O)N=C(N)N)c(CC)c1S(C)(=O)=O. The maximum absolute atomic E-state index is 12.4. The first kappa shape index (κ1) is 20.2. The summed E-state index contributed by atoms with van der Waals surface area (Å²) in [7, 11) is -3.49. The molecule has 7 heteroatoms. The summed E-state index contributed by atoms with van der Waals surface area (Å²) < 4.78 is 24.8. The summed E-state index contributed by atoms with van der Waals surface area (Å²) in [6.07, 6.45) is 4.52. The summed E-state index contributed by atoms with van der Waals surface area (Å²) in [5, 5.41) is 0. The van der Waals surface area contributed by atoms with Crippen molar-refractivity contribution < 1.29 is 13.2 Å². The van der Waals surface area contributed by atoms with Crippen molar-refractivity contribution in [2.45, 2.75) is 57.3 Å². The number of rotatable bonds is 7. The number of amides is 1. The first-order valence-corrected chi connectivity index (χ1v) is 10.0. The van der Waals surface area contributed by atoms with Crippen LogP contribution in [0.15, 0.2) is 22.0 Å². The molecule has 4 N–H and O–H groups in total. The van der Waals surface area contributed by atoms with Crippen molar-refractivity contribution in [1.82, 2.24) is 0 Å². The molecule has 0 aliphatic heterocycles. The molecule has 1 atom stereocenters. The van der Waals surface area contributed by atoms with Crippen molar-refractivity contribution in [3.63, 3.8) is 0 Å². The molecule has 24 heavy (non-hydrogen) atoms. The van der Waals surface area contributed by atoms with Crippen molar-refractivity contribution in [3.8, 4) is 0 Å². The Kier molecular flexibility index (Phi) is 6.95. The fourth-order valence-corrected chi connectivity index (χ4v) is 4.27. The van der Waals surface area contributed by atoms with Crippen LogP contribution in [0.5, 0.6) is 0 Å². The number of aliphatic imine (C=N–C) groups is 1. The van der Waals surface area contributed by atoms with Crippen LogP contribution in [-0.2, 0) is 16.3 Å². The summed E-state index contributed by atoms with van der Waals surface area (Å²) in [5.74, 6) is -0.875. The van der Waals surface area contributed by atoms with E-state index in [0.29, 0.717) is 12.0 Å². The molecule has 1 aromatic carbocycles.